The molecule has 3 heterocycles. The van der Waals surface area contributed by atoms with E-state index in [9.17, 15) is 14.4 Å². The van der Waals surface area contributed by atoms with Gasteiger partial charge in [-0.2, -0.15) is 0 Å². The number of hydrogen-bond donors (Lipinski definition) is 1. The summed E-state index contributed by atoms with van der Waals surface area (Å²) in [5.41, 5.74) is 1.27. The van der Waals surface area contributed by atoms with Crippen LogP contribution in [0.4, 0.5) is 4.79 Å². The highest BCUT2D eigenvalue weighted by Crippen LogP contribution is 2.34. The van der Waals surface area contributed by atoms with Crippen LogP contribution in [0.25, 0.3) is 0 Å². The highest BCUT2D eigenvalue weighted by molar-refractivity contribution is 6.04. The van der Waals surface area contributed by atoms with Gasteiger partial charge in [0, 0.05) is 12.1 Å². The molecule has 3 aliphatic heterocycles. The van der Waals surface area contributed by atoms with E-state index in [1.165, 1.54) is 4.90 Å². The van der Waals surface area contributed by atoms with Crippen molar-refractivity contribution in [3.63, 3.8) is 0 Å². The number of likely N-dealkylation sites (tertiary alicyclic amines) is 1. The first-order chi connectivity index (χ1) is 14.1. The molecular formula is C21H19N3O5. The van der Waals surface area contributed by atoms with Gasteiger partial charge < -0.3 is 19.7 Å². The normalized spacial score (nSPS) is 22.5. The summed E-state index contributed by atoms with van der Waals surface area (Å²) in [7, 11) is 0. The smallest absolute Gasteiger partial charge is 0.324 e. The molecule has 2 aromatic carbocycles. The molecule has 3 aliphatic rings. The standard InChI is InChI=1S/C21H19N3O5/c25-19(14-6-7-16-17(10-14)29-12-28-16)23-9-8-15-18(23)20(26)24(21(27)22-15)11-13-4-2-1-3-5-13/h1-7,10,15,18H,8-9,11-12H2,(H,22,27)/t15-,18+/m1/s1. The van der Waals surface area contributed by atoms with E-state index >= 15 is 0 Å². The molecule has 2 aromatic rings. The van der Waals surface area contributed by atoms with E-state index in [0.717, 1.165) is 5.56 Å². The van der Waals surface area contributed by atoms with Gasteiger partial charge in [0.2, 0.25) is 6.79 Å². The molecule has 1 N–H and O–H groups in total. The monoisotopic (exact) mass is 393 g/mol. The third-order valence-corrected chi connectivity index (χ3v) is 5.53. The number of imide groups is 1. The minimum atomic E-state index is -0.714. The van der Waals surface area contributed by atoms with E-state index in [2.05, 4.69) is 5.32 Å². The Bertz CT molecular complexity index is 993. The summed E-state index contributed by atoms with van der Waals surface area (Å²) < 4.78 is 10.6. The first kappa shape index (κ1) is 17.5. The Morgan fingerprint density at radius 1 is 1.07 bits per heavy atom. The van der Waals surface area contributed by atoms with E-state index in [4.69, 9.17) is 9.47 Å². The highest BCUT2D eigenvalue weighted by atomic mass is 16.7. The second-order valence-corrected chi connectivity index (χ2v) is 7.27. The van der Waals surface area contributed by atoms with E-state index < -0.39 is 12.1 Å². The predicted octanol–water partition coefficient (Wildman–Crippen LogP) is 1.75. The summed E-state index contributed by atoms with van der Waals surface area (Å²) in [6.07, 6.45) is 0.539. The van der Waals surface area contributed by atoms with Crippen molar-refractivity contribution in [1.29, 1.82) is 0 Å². The fourth-order valence-electron chi connectivity index (χ4n) is 4.08. The first-order valence-electron chi connectivity index (χ1n) is 9.48. The molecule has 0 bridgehead atoms. The van der Waals surface area contributed by atoms with Crippen molar-refractivity contribution >= 4 is 17.8 Å². The molecule has 2 atom stereocenters. The molecule has 29 heavy (non-hydrogen) atoms. The summed E-state index contributed by atoms with van der Waals surface area (Å²) in [6.45, 7) is 0.689. The lowest BCUT2D eigenvalue weighted by molar-refractivity contribution is -0.134. The van der Waals surface area contributed by atoms with Gasteiger partial charge in [-0.05, 0) is 30.2 Å². The second-order valence-electron chi connectivity index (χ2n) is 7.27. The van der Waals surface area contributed by atoms with Gasteiger partial charge in [0.15, 0.2) is 11.5 Å². The van der Waals surface area contributed by atoms with Crippen LogP contribution in [-0.4, -0.2) is 53.1 Å². The second kappa shape index (κ2) is 6.80. The van der Waals surface area contributed by atoms with Gasteiger partial charge in [0.25, 0.3) is 11.8 Å². The molecule has 5 rings (SSSR count). The lowest BCUT2D eigenvalue weighted by atomic mass is 10.0. The number of carbonyl (C=O) groups is 3. The number of rotatable bonds is 3. The van der Waals surface area contributed by atoms with Crippen molar-refractivity contribution in [3.05, 3.63) is 59.7 Å². The molecule has 2 saturated heterocycles. The number of carbonyl (C=O) groups excluding carboxylic acids is 3. The Labute approximate surface area is 167 Å². The van der Waals surface area contributed by atoms with E-state index in [-0.39, 0.29) is 31.2 Å². The lowest BCUT2D eigenvalue weighted by Crippen LogP contribution is -2.64. The Morgan fingerprint density at radius 3 is 2.69 bits per heavy atom. The highest BCUT2D eigenvalue weighted by Gasteiger charge is 2.49. The predicted molar refractivity (Wildman–Crippen MR) is 101 cm³/mol. The molecule has 148 valence electrons. The average molecular weight is 393 g/mol. The maximum atomic E-state index is 13.2. The number of urea groups is 1. The Hall–Kier alpha value is -3.55. The minimum absolute atomic E-state index is 0.125. The van der Waals surface area contributed by atoms with Crippen molar-refractivity contribution < 1.29 is 23.9 Å². The number of ether oxygens (including phenoxy) is 2. The van der Waals surface area contributed by atoms with Gasteiger partial charge >= 0.3 is 6.03 Å². The number of nitrogens with one attached hydrogen (secondary N) is 1. The van der Waals surface area contributed by atoms with Crippen molar-refractivity contribution in [2.75, 3.05) is 13.3 Å². The molecule has 8 nitrogen and oxygen atoms in total. The van der Waals surface area contributed by atoms with Crippen LogP contribution in [0.1, 0.15) is 22.3 Å². The Kier molecular flexibility index (Phi) is 4.12. The fourth-order valence-corrected chi connectivity index (χ4v) is 4.08. The van der Waals surface area contributed by atoms with Gasteiger partial charge in [0.1, 0.15) is 6.04 Å². The van der Waals surface area contributed by atoms with E-state index in [1.807, 2.05) is 30.3 Å². The maximum Gasteiger partial charge on any atom is 0.324 e. The summed E-state index contributed by atoms with van der Waals surface area (Å²) >= 11 is 0. The maximum absolute atomic E-state index is 13.2. The number of amides is 4. The zero-order chi connectivity index (χ0) is 20.0. The molecule has 8 heteroatoms. The third-order valence-electron chi connectivity index (χ3n) is 5.53. The van der Waals surface area contributed by atoms with Crippen molar-refractivity contribution in [1.82, 2.24) is 15.1 Å². The first-order valence-corrected chi connectivity index (χ1v) is 9.48. The number of hydrogen-bond acceptors (Lipinski definition) is 5. The quantitative estimate of drug-likeness (QED) is 0.858. The topological polar surface area (TPSA) is 88.2 Å². The molecule has 0 saturated carbocycles. The lowest BCUT2D eigenvalue weighted by Gasteiger charge is -2.37. The zero-order valence-electron chi connectivity index (χ0n) is 15.5. The third kappa shape index (κ3) is 2.97. The van der Waals surface area contributed by atoms with Gasteiger partial charge in [-0.1, -0.05) is 30.3 Å². The van der Waals surface area contributed by atoms with E-state index in [1.54, 1.807) is 23.1 Å². The van der Waals surface area contributed by atoms with Crippen LogP contribution in [0.15, 0.2) is 48.5 Å². The van der Waals surface area contributed by atoms with Crippen LogP contribution in [-0.2, 0) is 11.3 Å². The molecule has 4 amide bonds. The number of nitrogens with zero attached hydrogens (tertiary/aromatic N) is 2. The molecule has 0 unspecified atom stereocenters. The molecule has 0 spiro atoms. The molecule has 0 radical (unpaired) electrons. The zero-order valence-corrected chi connectivity index (χ0v) is 15.5. The Balaban J connectivity index is 1.39. The Morgan fingerprint density at radius 2 is 1.86 bits per heavy atom. The molecule has 2 fully saturated rings. The summed E-state index contributed by atoms with van der Waals surface area (Å²) in [4.78, 5) is 41.5. The van der Waals surface area contributed by atoms with Crippen molar-refractivity contribution in [2.24, 2.45) is 0 Å². The van der Waals surface area contributed by atoms with Gasteiger partial charge in [-0.25, -0.2) is 4.79 Å². The summed E-state index contributed by atoms with van der Waals surface area (Å²) in [5.74, 6) is 0.491. The minimum Gasteiger partial charge on any atom is -0.454 e. The number of fused-ring (bicyclic) bond motifs is 2. The molecule has 0 aromatic heterocycles. The van der Waals surface area contributed by atoms with Gasteiger partial charge in [-0.15, -0.1) is 0 Å². The van der Waals surface area contributed by atoms with Gasteiger partial charge in [-0.3, -0.25) is 14.5 Å². The largest absolute Gasteiger partial charge is 0.454 e. The van der Waals surface area contributed by atoms with Crippen LogP contribution in [0, 0.1) is 0 Å². The number of benzene rings is 2. The van der Waals surface area contributed by atoms with Crippen LogP contribution < -0.4 is 14.8 Å². The summed E-state index contributed by atoms with van der Waals surface area (Å²) in [6, 6.07) is 12.8. The van der Waals surface area contributed by atoms with Crippen LogP contribution >= 0.6 is 0 Å². The van der Waals surface area contributed by atoms with Gasteiger partial charge in [0.05, 0.1) is 12.6 Å². The fraction of sp³-hybridized carbons (Fsp3) is 0.286. The van der Waals surface area contributed by atoms with Crippen molar-refractivity contribution in [2.45, 2.75) is 25.0 Å². The molecular weight excluding hydrogens is 374 g/mol. The van der Waals surface area contributed by atoms with E-state index in [0.29, 0.717) is 30.0 Å². The van der Waals surface area contributed by atoms with Crippen LogP contribution in [0.3, 0.4) is 0 Å². The average Bonchev–Trinajstić information content (AvgIpc) is 3.37. The molecule has 0 aliphatic carbocycles. The SMILES string of the molecule is O=C1N[C@@H]2CCN(C(=O)c3ccc4c(c3)OCO4)[C@@H]2C(=O)N1Cc1ccccc1. The van der Waals surface area contributed by atoms with Crippen molar-refractivity contribution in [3.8, 4) is 11.5 Å². The van der Waals surface area contributed by atoms with Crippen LogP contribution in [0.2, 0.25) is 0 Å². The summed E-state index contributed by atoms with van der Waals surface area (Å²) in [5, 5.41) is 2.88. The van der Waals surface area contributed by atoms with Crippen LogP contribution in [0.5, 0.6) is 11.5 Å².